The quantitative estimate of drug-likeness (QED) is 0.345. The molecule has 5 heteroatoms. The Hall–Kier alpha value is 0.580. The number of hydrogen-bond donors (Lipinski definition) is 0. The first kappa shape index (κ1) is 19.6. The largest absolute Gasteiger partial charge is 0.329 e. The van der Waals surface area contributed by atoms with Crippen molar-refractivity contribution in [3.05, 3.63) is 0 Å². The molecule has 3 nitrogen and oxygen atoms in total. The molecule has 0 unspecified atom stereocenters. The molecule has 0 atom stereocenters. The Kier molecular flexibility index (Phi) is 10.6. The molecule has 0 aromatic heterocycles. The second-order valence-electron chi connectivity index (χ2n) is 5.47. The van der Waals surface area contributed by atoms with Crippen LogP contribution in [0.4, 0.5) is 0 Å². The lowest BCUT2D eigenvalue weighted by molar-refractivity contribution is 0.252. The van der Waals surface area contributed by atoms with Crippen molar-refractivity contribution in [2.24, 2.45) is 0 Å². The van der Waals surface area contributed by atoms with Gasteiger partial charge in [0.2, 0.25) is 8.06 Å². The summed E-state index contributed by atoms with van der Waals surface area (Å²) in [7, 11) is -1.25. The maximum atomic E-state index is 13.3. The molecule has 0 saturated carbocycles. The summed E-state index contributed by atoms with van der Waals surface area (Å²) < 4.78 is 25.1. The highest BCUT2D eigenvalue weighted by atomic mass is 32.1. The zero-order valence-electron chi connectivity index (χ0n) is 13.5. The Balaban J connectivity index is 4.79. The van der Waals surface area contributed by atoms with Crippen LogP contribution in [0.1, 0.15) is 67.2 Å². The summed E-state index contributed by atoms with van der Waals surface area (Å²) in [4.78, 5) is 0. The average Bonchev–Trinajstić information content (AvgIpc) is 2.35. The minimum Gasteiger partial charge on any atom is -0.329 e. The molecule has 0 heterocycles. The van der Waals surface area contributed by atoms with E-state index < -0.39 is 14.9 Å². The van der Waals surface area contributed by atoms with Gasteiger partial charge in [-0.3, -0.25) is 0 Å². The lowest BCUT2D eigenvalue weighted by Crippen LogP contribution is -2.10. The van der Waals surface area contributed by atoms with Crippen LogP contribution in [-0.2, 0) is 13.6 Å². The van der Waals surface area contributed by atoms with Crippen LogP contribution in [0.3, 0.4) is 0 Å². The molecule has 0 saturated heterocycles. The van der Waals surface area contributed by atoms with Gasteiger partial charge >= 0.3 is 0 Å². The van der Waals surface area contributed by atoms with Gasteiger partial charge in [0.25, 0.3) is 0 Å². The van der Waals surface area contributed by atoms with Crippen LogP contribution in [0, 0.1) is 0 Å². The summed E-state index contributed by atoms with van der Waals surface area (Å²) in [5.74, 6) is 0. The molecule has 0 aromatic rings. The molecular formula is C14H32O3P2. The molecule has 0 fully saturated rings. The maximum Gasteiger partial charge on any atom is 0.236 e. The summed E-state index contributed by atoms with van der Waals surface area (Å²) in [6.45, 7) is 11.3. The van der Waals surface area contributed by atoms with Crippen LogP contribution < -0.4 is 0 Å². The molecule has 0 amide bonds. The first-order valence-electron chi connectivity index (χ1n) is 7.57. The smallest absolute Gasteiger partial charge is 0.236 e. The van der Waals surface area contributed by atoms with Crippen molar-refractivity contribution < 1.29 is 13.6 Å². The zero-order valence-corrected chi connectivity index (χ0v) is 15.3. The van der Waals surface area contributed by atoms with Gasteiger partial charge in [-0.2, -0.15) is 0 Å². The number of rotatable bonds is 11. The molecule has 0 bridgehead atoms. The molecule has 19 heavy (non-hydrogen) atoms. The van der Waals surface area contributed by atoms with Crippen molar-refractivity contribution in [3.63, 3.8) is 0 Å². The Morgan fingerprint density at radius 2 is 1.26 bits per heavy atom. The van der Waals surface area contributed by atoms with Crippen LogP contribution in [0.25, 0.3) is 0 Å². The number of unbranched alkanes of at least 4 members (excludes halogenated alkanes) is 2. The van der Waals surface area contributed by atoms with E-state index in [4.69, 9.17) is 9.05 Å². The predicted molar refractivity (Wildman–Crippen MR) is 86.5 cm³/mol. The van der Waals surface area contributed by atoms with E-state index >= 15 is 0 Å². The lowest BCUT2D eigenvalue weighted by atomic mass is 10.4. The van der Waals surface area contributed by atoms with E-state index in [2.05, 4.69) is 13.8 Å². The molecule has 0 aliphatic rings. The van der Waals surface area contributed by atoms with Crippen LogP contribution in [0.2, 0.25) is 0 Å². The SMILES string of the molecule is CCCCOP(OCCCC)P(=O)(C(C)C)C(C)C. The second kappa shape index (κ2) is 10.3. The van der Waals surface area contributed by atoms with Crippen molar-refractivity contribution in [2.45, 2.75) is 78.5 Å². The fraction of sp³-hybridized carbons (Fsp3) is 1.00. The molecule has 0 N–H and O–H groups in total. The lowest BCUT2D eigenvalue weighted by Gasteiger charge is -2.32. The van der Waals surface area contributed by atoms with E-state index in [0.717, 1.165) is 25.7 Å². The molecule has 0 aliphatic carbocycles. The Morgan fingerprint density at radius 1 is 0.895 bits per heavy atom. The van der Waals surface area contributed by atoms with Crippen molar-refractivity contribution >= 4 is 14.9 Å². The summed E-state index contributed by atoms with van der Waals surface area (Å²) in [6.07, 6.45) is 4.19. The average molecular weight is 310 g/mol. The van der Waals surface area contributed by atoms with Crippen LogP contribution in [-0.4, -0.2) is 24.5 Å². The first-order valence-corrected chi connectivity index (χ1v) is 11.3. The monoisotopic (exact) mass is 310 g/mol. The van der Waals surface area contributed by atoms with Crippen molar-refractivity contribution in [1.82, 2.24) is 0 Å². The molecule has 0 spiro atoms. The summed E-state index contributed by atoms with van der Waals surface area (Å²) in [6, 6.07) is 0. The van der Waals surface area contributed by atoms with Crippen molar-refractivity contribution in [3.8, 4) is 0 Å². The van der Waals surface area contributed by atoms with Crippen LogP contribution >= 0.6 is 14.9 Å². The molecule has 0 aromatic carbocycles. The number of hydrogen-bond acceptors (Lipinski definition) is 3. The van der Waals surface area contributed by atoms with Crippen LogP contribution in [0.5, 0.6) is 0 Å². The molecule has 0 radical (unpaired) electrons. The minimum absolute atomic E-state index is 0.127. The Bertz CT molecular complexity index is 245. The third kappa shape index (κ3) is 6.25. The maximum absolute atomic E-state index is 13.3. The van der Waals surface area contributed by atoms with E-state index in [0.29, 0.717) is 13.2 Å². The normalized spacial score (nSPS) is 12.9. The van der Waals surface area contributed by atoms with Crippen LogP contribution in [0.15, 0.2) is 0 Å². The van der Waals surface area contributed by atoms with Gasteiger partial charge in [0.05, 0.1) is 13.2 Å². The summed E-state index contributed by atoms with van der Waals surface area (Å²) in [5.41, 5.74) is 0.253. The van der Waals surface area contributed by atoms with E-state index in [-0.39, 0.29) is 11.3 Å². The summed E-state index contributed by atoms with van der Waals surface area (Å²) in [5, 5.41) is 0. The van der Waals surface area contributed by atoms with Gasteiger partial charge in [-0.15, -0.1) is 0 Å². The standard InChI is InChI=1S/C14H32O3P2/c1-7-9-11-16-18(17-12-10-8-2)19(15,13(3)4)14(5)6/h13-14H,7-12H2,1-6H3. The fourth-order valence-electron chi connectivity index (χ4n) is 1.77. The molecular weight excluding hydrogens is 278 g/mol. The highest BCUT2D eigenvalue weighted by Gasteiger charge is 2.42. The van der Waals surface area contributed by atoms with Gasteiger partial charge in [0.15, 0.2) is 6.83 Å². The molecule has 116 valence electrons. The Labute approximate surface area is 121 Å². The third-order valence-corrected chi connectivity index (χ3v) is 12.4. The molecule has 0 aliphatic heterocycles. The van der Waals surface area contributed by atoms with E-state index in [9.17, 15) is 4.57 Å². The topological polar surface area (TPSA) is 35.5 Å². The fourth-order valence-corrected chi connectivity index (χ4v) is 8.55. The van der Waals surface area contributed by atoms with Gasteiger partial charge in [-0.1, -0.05) is 54.4 Å². The van der Waals surface area contributed by atoms with Gasteiger partial charge in [0, 0.05) is 11.3 Å². The van der Waals surface area contributed by atoms with Gasteiger partial charge in [-0.25, -0.2) is 0 Å². The van der Waals surface area contributed by atoms with E-state index in [1.807, 2.05) is 27.7 Å². The van der Waals surface area contributed by atoms with Gasteiger partial charge in [0.1, 0.15) is 0 Å². The van der Waals surface area contributed by atoms with Gasteiger partial charge in [-0.05, 0) is 12.8 Å². The highest BCUT2D eigenvalue weighted by molar-refractivity contribution is 8.29. The van der Waals surface area contributed by atoms with Gasteiger partial charge < -0.3 is 13.6 Å². The van der Waals surface area contributed by atoms with E-state index in [1.54, 1.807) is 0 Å². The van der Waals surface area contributed by atoms with E-state index in [1.165, 1.54) is 0 Å². The third-order valence-electron chi connectivity index (χ3n) is 3.13. The zero-order chi connectivity index (χ0) is 14.9. The second-order valence-corrected chi connectivity index (χ2v) is 12.7. The first-order chi connectivity index (χ1) is 8.91. The predicted octanol–water partition coefficient (Wildman–Crippen LogP) is 6.03. The summed E-state index contributed by atoms with van der Waals surface area (Å²) >= 11 is 0. The highest BCUT2D eigenvalue weighted by Crippen LogP contribution is 2.81. The molecule has 0 rings (SSSR count). The minimum atomic E-state index is -2.43. The van der Waals surface area contributed by atoms with Crippen molar-refractivity contribution in [2.75, 3.05) is 13.2 Å². The van der Waals surface area contributed by atoms with Crippen molar-refractivity contribution in [1.29, 1.82) is 0 Å². The Morgan fingerprint density at radius 3 is 1.53 bits per heavy atom.